The smallest absolute Gasteiger partial charge is 0.288 e. The molecule has 9 aromatic rings. The summed E-state index contributed by atoms with van der Waals surface area (Å²) in [4.78, 5) is 0. The van der Waals surface area contributed by atoms with E-state index in [1.807, 2.05) is 109 Å². The van der Waals surface area contributed by atoms with Gasteiger partial charge < -0.3 is 47.1 Å². The number of hydrogen-bond acceptors (Lipinski definition) is 10. The highest BCUT2D eigenvalue weighted by Gasteiger charge is 2.42. The van der Waals surface area contributed by atoms with E-state index in [9.17, 15) is 0 Å². The van der Waals surface area contributed by atoms with E-state index in [0.29, 0.717) is 23.9 Å². The lowest BCUT2D eigenvalue weighted by Crippen LogP contribution is -2.69. The Bertz CT molecular complexity index is 3050. The van der Waals surface area contributed by atoms with E-state index < -0.39 is 8.32 Å². The van der Waals surface area contributed by atoms with Crippen LogP contribution in [0.25, 0.3) is 66.8 Å². The first-order chi connectivity index (χ1) is 37.2. The van der Waals surface area contributed by atoms with Gasteiger partial charge in [0.25, 0.3) is 8.32 Å². The molecule has 76 heavy (non-hydrogen) atoms. The second-order valence-corrected chi connectivity index (χ2v) is 21.2. The summed E-state index contributed by atoms with van der Waals surface area (Å²) < 4.78 is 59.8. The zero-order chi connectivity index (χ0) is 53.3. The standard InChI is InChI=1S/C65H62O10Si/c1-11-75-76(51-30-18-45(19-31-51)57-39-60(69-5)54(36-63(57)72-8)42-12-24-48(66-2)25-13-42,52-32-20-46(21-33-52)58-40-61(70-6)55(37-64(58)73-9)43-14-26-49(67-3)27-15-43)53-34-22-47(23-35-53)59-41-62(71-7)56(38-65(59)74-10)44-16-28-50(68-4)29-17-44/h12-41H,11H2,1-10H3. The van der Waals surface area contributed by atoms with Gasteiger partial charge in [0.1, 0.15) is 51.7 Å². The van der Waals surface area contributed by atoms with Crippen LogP contribution in [0.1, 0.15) is 6.92 Å². The summed E-state index contributed by atoms with van der Waals surface area (Å²) in [6, 6.07) is 62.0. The summed E-state index contributed by atoms with van der Waals surface area (Å²) >= 11 is 0. The van der Waals surface area contributed by atoms with E-state index in [1.54, 1.807) is 64.0 Å². The molecule has 0 aliphatic heterocycles. The van der Waals surface area contributed by atoms with E-state index in [-0.39, 0.29) is 0 Å². The van der Waals surface area contributed by atoms with Gasteiger partial charge in [-0.3, -0.25) is 0 Å². The molecule has 10 nitrogen and oxygen atoms in total. The predicted octanol–water partition coefficient (Wildman–Crippen LogP) is 12.8. The number of ether oxygens (including phenoxy) is 9. The van der Waals surface area contributed by atoms with Crippen LogP contribution >= 0.6 is 0 Å². The lowest BCUT2D eigenvalue weighted by molar-refractivity contribution is 0.347. The highest BCUT2D eigenvalue weighted by Crippen LogP contribution is 2.44. The van der Waals surface area contributed by atoms with E-state index in [1.165, 1.54) is 0 Å². The van der Waals surface area contributed by atoms with Gasteiger partial charge >= 0.3 is 0 Å². The van der Waals surface area contributed by atoms with Crippen LogP contribution in [0.3, 0.4) is 0 Å². The lowest BCUT2D eigenvalue weighted by Gasteiger charge is -2.33. The summed E-state index contributed by atoms with van der Waals surface area (Å²) in [6.45, 7) is 2.52. The number of benzene rings is 9. The van der Waals surface area contributed by atoms with Crippen LogP contribution in [0.15, 0.2) is 182 Å². The molecule has 0 N–H and O–H groups in total. The van der Waals surface area contributed by atoms with Gasteiger partial charge in [0.15, 0.2) is 0 Å². The van der Waals surface area contributed by atoms with Crippen molar-refractivity contribution in [3.05, 3.63) is 182 Å². The Labute approximate surface area is 447 Å². The summed E-state index contributed by atoms with van der Waals surface area (Å²) in [6.07, 6.45) is 0. The summed E-state index contributed by atoms with van der Waals surface area (Å²) in [5, 5.41) is 3.18. The molecule has 0 saturated carbocycles. The molecule has 0 aromatic heterocycles. The molecule has 9 aromatic carbocycles. The molecule has 0 spiro atoms. The molecule has 386 valence electrons. The molecule has 0 unspecified atom stereocenters. The van der Waals surface area contributed by atoms with Gasteiger partial charge in [-0.2, -0.15) is 0 Å². The summed E-state index contributed by atoms with van der Waals surface area (Å²) in [7, 11) is 11.8. The van der Waals surface area contributed by atoms with E-state index >= 15 is 0 Å². The zero-order valence-corrected chi connectivity index (χ0v) is 45.6. The molecular weight excluding hydrogens is 969 g/mol. The Morgan fingerprint density at radius 1 is 0.250 bits per heavy atom. The Morgan fingerprint density at radius 3 is 0.592 bits per heavy atom. The monoisotopic (exact) mass is 1030 g/mol. The maximum absolute atomic E-state index is 7.29. The third kappa shape index (κ3) is 10.1. The van der Waals surface area contributed by atoms with Gasteiger partial charge in [-0.15, -0.1) is 0 Å². The number of rotatable bonds is 20. The molecular formula is C65H62O10Si. The van der Waals surface area contributed by atoms with Crippen molar-refractivity contribution in [2.45, 2.75) is 6.92 Å². The Morgan fingerprint density at radius 2 is 0.434 bits per heavy atom. The first kappa shape index (κ1) is 52.2. The van der Waals surface area contributed by atoms with Crippen molar-refractivity contribution in [2.75, 3.05) is 70.6 Å². The molecule has 0 radical (unpaired) electrons. The molecule has 0 atom stereocenters. The van der Waals surface area contributed by atoms with E-state index in [4.69, 9.17) is 47.1 Å². The molecule has 0 fully saturated rings. The van der Waals surface area contributed by atoms with Crippen molar-refractivity contribution in [2.24, 2.45) is 0 Å². The highest BCUT2D eigenvalue weighted by atomic mass is 28.4. The van der Waals surface area contributed by atoms with Crippen LogP contribution in [-0.2, 0) is 4.43 Å². The first-order valence-corrected chi connectivity index (χ1v) is 26.8. The average Bonchev–Trinajstić information content (AvgIpc) is 3.50. The fraction of sp³-hybridized carbons (Fsp3) is 0.169. The van der Waals surface area contributed by atoms with Crippen molar-refractivity contribution < 1.29 is 47.1 Å². The predicted molar refractivity (Wildman–Crippen MR) is 307 cm³/mol. The fourth-order valence-electron chi connectivity index (χ4n) is 9.98. The van der Waals surface area contributed by atoms with Crippen LogP contribution in [-0.4, -0.2) is 78.9 Å². The quantitative estimate of drug-likeness (QED) is 0.0543. The highest BCUT2D eigenvalue weighted by molar-refractivity contribution is 7.07. The van der Waals surface area contributed by atoms with Crippen molar-refractivity contribution in [1.29, 1.82) is 0 Å². The van der Waals surface area contributed by atoms with Crippen molar-refractivity contribution >= 4 is 23.9 Å². The zero-order valence-electron chi connectivity index (χ0n) is 44.6. The summed E-state index contributed by atoms with van der Waals surface area (Å²) in [5.74, 6) is 6.63. The lowest BCUT2D eigenvalue weighted by atomic mass is 9.97. The van der Waals surface area contributed by atoms with E-state index in [0.717, 1.165) is 117 Å². The van der Waals surface area contributed by atoms with Crippen LogP contribution in [0.2, 0.25) is 0 Å². The number of methoxy groups -OCH3 is 9. The van der Waals surface area contributed by atoms with Gasteiger partial charge in [-0.05, 0) is 129 Å². The second kappa shape index (κ2) is 23.3. The van der Waals surface area contributed by atoms with Gasteiger partial charge in [0.05, 0.1) is 64.0 Å². The topological polar surface area (TPSA) is 92.3 Å². The second-order valence-electron chi connectivity index (χ2n) is 17.8. The van der Waals surface area contributed by atoms with Gasteiger partial charge in [0.2, 0.25) is 0 Å². The molecule has 0 bridgehead atoms. The number of hydrogen-bond donors (Lipinski definition) is 0. The van der Waals surface area contributed by atoms with Gasteiger partial charge in [-0.1, -0.05) is 109 Å². The van der Waals surface area contributed by atoms with Crippen LogP contribution in [0, 0.1) is 0 Å². The Kier molecular flexibility index (Phi) is 16.0. The average molecular weight is 1030 g/mol. The minimum Gasteiger partial charge on any atom is -0.497 e. The third-order valence-electron chi connectivity index (χ3n) is 13.9. The molecule has 9 rings (SSSR count). The minimum atomic E-state index is -3.30. The van der Waals surface area contributed by atoms with E-state index in [2.05, 4.69) is 79.7 Å². The van der Waals surface area contributed by atoms with Crippen LogP contribution in [0.5, 0.6) is 51.7 Å². The maximum atomic E-state index is 7.29. The van der Waals surface area contributed by atoms with Crippen molar-refractivity contribution in [1.82, 2.24) is 0 Å². The summed E-state index contributed by atoms with van der Waals surface area (Å²) in [5.41, 5.74) is 11.2. The Balaban J connectivity index is 1.16. The molecule has 0 aliphatic carbocycles. The minimum absolute atomic E-state index is 0.463. The molecule has 0 amide bonds. The van der Waals surface area contributed by atoms with Crippen LogP contribution in [0.4, 0.5) is 0 Å². The first-order valence-electron chi connectivity index (χ1n) is 24.9. The maximum Gasteiger partial charge on any atom is 0.288 e. The van der Waals surface area contributed by atoms with Gasteiger partial charge in [-0.25, -0.2) is 0 Å². The van der Waals surface area contributed by atoms with Crippen LogP contribution < -0.4 is 58.2 Å². The van der Waals surface area contributed by atoms with Crippen molar-refractivity contribution in [3.63, 3.8) is 0 Å². The fourth-order valence-corrected chi connectivity index (χ4v) is 13.8. The Hall–Kier alpha value is -8.64. The molecule has 0 aliphatic rings. The third-order valence-corrected chi connectivity index (χ3v) is 18.1. The van der Waals surface area contributed by atoms with Gasteiger partial charge in [0, 0.05) is 40.0 Å². The largest absolute Gasteiger partial charge is 0.497 e. The molecule has 0 heterocycles. The SMILES string of the molecule is CCO[Si](c1ccc(-c2cc(OC)c(-c3ccc(OC)cc3)cc2OC)cc1)(c1ccc(-c2cc(OC)c(-c3ccc(OC)cc3)cc2OC)cc1)c1ccc(-c2cc(OC)c(-c3ccc(OC)cc3)cc2OC)cc1. The molecule has 11 heteroatoms. The molecule has 0 saturated heterocycles. The van der Waals surface area contributed by atoms with Crippen molar-refractivity contribution in [3.8, 4) is 119 Å². The normalized spacial score (nSPS) is 11.1.